The zero-order chi connectivity index (χ0) is 20.5. The largest absolute Gasteiger partial charge is 0.435 e. The first-order valence-corrected chi connectivity index (χ1v) is 12.4. The SMILES string of the molecule is Cc1ccc(-c2cc(C(F)(F)F)nn2-c2ccc(C#C[Si](C)(C)C)cc2)cc1. The van der Waals surface area contributed by atoms with Crippen LogP contribution in [0.4, 0.5) is 13.2 Å². The molecule has 0 bridgehead atoms. The van der Waals surface area contributed by atoms with Crippen LogP contribution in [0.1, 0.15) is 16.8 Å². The van der Waals surface area contributed by atoms with Crippen LogP contribution >= 0.6 is 0 Å². The molecule has 0 amide bonds. The van der Waals surface area contributed by atoms with E-state index in [1.54, 1.807) is 24.3 Å². The first-order valence-electron chi connectivity index (χ1n) is 8.91. The molecule has 0 saturated carbocycles. The van der Waals surface area contributed by atoms with Gasteiger partial charge in [0.2, 0.25) is 0 Å². The second-order valence-corrected chi connectivity index (χ2v) is 12.5. The Balaban J connectivity index is 2.06. The van der Waals surface area contributed by atoms with Crippen LogP contribution in [0.3, 0.4) is 0 Å². The number of rotatable bonds is 2. The van der Waals surface area contributed by atoms with Crippen LogP contribution in [0.5, 0.6) is 0 Å². The summed E-state index contributed by atoms with van der Waals surface area (Å²) in [5, 5.41) is 3.83. The van der Waals surface area contributed by atoms with Crippen molar-refractivity contribution in [1.82, 2.24) is 9.78 Å². The zero-order valence-electron chi connectivity index (χ0n) is 16.2. The Morgan fingerprint density at radius 1 is 0.929 bits per heavy atom. The number of hydrogen-bond acceptors (Lipinski definition) is 1. The molecule has 0 radical (unpaired) electrons. The Morgan fingerprint density at radius 2 is 1.54 bits per heavy atom. The highest BCUT2D eigenvalue weighted by Gasteiger charge is 2.35. The van der Waals surface area contributed by atoms with Gasteiger partial charge in [0.15, 0.2) is 5.69 Å². The summed E-state index contributed by atoms with van der Waals surface area (Å²) in [4.78, 5) is 0. The van der Waals surface area contributed by atoms with E-state index in [2.05, 4.69) is 36.2 Å². The number of alkyl halides is 3. The van der Waals surface area contributed by atoms with Gasteiger partial charge in [-0.2, -0.15) is 18.3 Å². The predicted molar refractivity (Wildman–Crippen MR) is 109 cm³/mol. The minimum atomic E-state index is -4.51. The molecule has 0 fully saturated rings. The third-order valence-corrected chi connectivity index (χ3v) is 4.92. The molecular formula is C22H21F3N2Si. The molecular weight excluding hydrogens is 377 g/mol. The number of aromatic nitrogens is 2. The molecule has 0 aliphatic rings. The summed E-state index contributed by atoms with van der Waals surface area (Å²) in [6, 6.07) is 15.6. The van der Waals surface area contributed by atoms with E-state index in [0.717, 1.165) is 17.2 Å². The second-order valence-electron chi connectivity index (χ2n) is 7.74. The molecule has 1 heterocycles. The molecule has 3 rings (SSSR count). The van der Waals surface area contributed by atoms with Gasteiger partial charge >= 0.3 is 6.18 Å². The van der Waals surface area contributed by atoms with Crippen molar-refractivity contribution in [2.75, 3.05) is 0 Å². The Labute approximate surface area is 164 Å². The van der Waals surface area contributed by atoms with Gasteiger partial charge < -0.3 is 0 Å². The molecule has 0 unspecified atom stereocenters. The Hall–Kier alpha value is -2.78. The Kier molecular flexibility index (Phi) is 5.22. The molecule has 0 spiro atoms. The van der Waals surface area contributed by atoms with Crippen molar-refractivity contribution in [3.8, 4) is 28.4 Å². The molecule has 0 saturated heterocycles. The quantitative estimate of drug-likeness (QED) is 0.377. The van der Waals surface area contributed by atoms with Gasteiger partial charge in [-0.15, -0.1) is 5.54 Å². The first kappa shape index (κ1) is 20.0. The number of benzene rings is 2. The summed E-state index contributed by atoms with van der Waals surface area (Å²) in [6.45, 7) is 8.41. The monoisotopic (exact) mass is 398 g/mol. The van der Waals surface area contributed by atoms with Crippen LogP contribution in [0.2, 0.25) is 19.6 Å². The lowest BCUT2D eigenvalue weighted by molar-refractivity contribution is -0.141. The predicted octanol–water partition coefficient (Wildman–Crippen LogP) is 6.10. The van der Waals surface area contributed by atoms with Gasteiger partial charge in [-0.1, -0.05) is 55.4 Å². The average molecular weight is 399 g/mol. The fourth-order valence-electron chi connectivity index (χ4n) is 2.59. The lowest BCUT2D eigenvalue weighted by Crippen LogP contribution is -2.16. The maximum absolute atomic E-state index is 13.3. The summed E-state index contributed by atoms with van der Waals surface area (Å²) in [5.74, 6) is 3.15. The van der Waals surface area contributed by atoms with E-state index < -0.39 is 19.9 Å². The molecule has 6 heteroatoms. The van der Waals surface area contributed by atoms with Crippen molar-refractivity contribution in [2.24, 2.45) is 0 Å². The summed E-state index contributed by atoms with van der Waals surface area (Å²) in [6.07, 6.45) is -4.51. The molecule has 1 aromatic heterocycles. The highest BCUT2D eigenvalue weighted by molar-refractivity contribution is 6.83. The van der Waals surface area contributed by atoms with Crippen LogP contribution in [0.25, 0.3) is 16.9 Å². The van der Waals surface area contributed by atoms with Crippen molar-refractivity contribution in [2.45, 2.75) is 32.7 Å². The average Bonchev–Trinajstić information content (AvgIpc) is 3.06. The summed E-state index contributed by atoms with van der Waals surface area (Å²) in [7, 11) is -1.50. The van der Waals surface area contributed by atoms with Gasteiger partial charge in [0.25, 0.3) is 0 Å². The van der Waals surface area contributed by atoms with Crippen molar-refractivity contribution in [3.05, 3.63) is 71.4 Å². The van der Waals surface area contributed by atoms with Crippen molar-refractivity contribution in [1.29, 1.82) is 0 Å². The Morgan fingerprint density at radius 3 is 2.07 bits per heavy atom. The van der Waals surface area contributed by atoms with Gasteiger partial charge in [-0.25, -0.2) is 4.68 Å². The van der Waals surface area contributed by atoms with E-state index in [1.807, 2.05) is 31.2 Å². The number of nitrogens with zero attached hydrogens (tertiary/aromatic N) is 2. The molecule has 3 aromatic rings. The van der Waals surface area contributed by atoms with Crippen LogP contribution in [0, 0.1) is 18.4 Å². The van der Waals surface area contributed by atoms with Crippen LogP contribution in [0.15, 0.2) is 54.6 Å². The number of halogens is 3. The summed E-state index contributed by atoms with van der Waals surface area (Å²) >= 11 is 0. The molecule has 0 N–H and O–H groups in total. The second kappa shape index (κ2) is 7.32. The highest BCUT2D eigenvalue weighted by atomic mass is 28.3. The molecule has 0 aliphatic heterocycles. The lowest BCUT2D eigenvalue weighted by Gasteiger charge is -2.08. The standard InChI is InChI=1S/C22H21F3N2Si/c1-16-5-9-18(10-6-16)20-15-21(22(23,24)25)26-27(20)19-11-7-17(8-12-19)13-14-28(2,3)4/h5-12,15H,1-4H3. The van der Waals surface area contributed by atoms with E-state index in [-0.39, 0.29) is 0 Å². The van der Waals surface area contributed by atoms with Gasteiger partial charge in [0, 0.05) is 11.1 Å². The summed E-state index contributed by atoms with van der Waals surface area (Å²) in [5.41, 5.74) is 5.88. The van der Waals surface area contributed by atoms with Gasteiger partial charge in [0.1, 0.15) is 8.07 Å². The molecule has 144 valence electrons. The molecule has 0 aliphatic carbocycles. The fourth-order valence-corrected chi connectivity index (χ4v) is 3.11. The van der Waals surface area contributed by atoms with Crippen LogP contribution in [-0.2, 0) is 6.18 Å². The summed E-state index contributed by atoms with van der Waals surface area (Å²) < 4.78 is 41.1. The number of aryl methyl sites for hydroxylation is 1. The molecule has 0 atom stereocenters. The van der Waals surface area contributed by atoms with E-state index in [1.165, 1.54) is 4.68 Å². The maximum Gasteiger partial charge on any atom is 0.435 e. The minimum Gasteiger partial charge on any atom is -0.233 e. The first-order chi connectivity index (χ1) is 13.0. The lowest BCUT2D eigenvalue weighted by atomic mass is 10.1. The van der Waals surface area contributed by atoms with E-state index in [9.17, 15) is 13.2 Å². The smallest absolute Gasteiger partial charge is 0.233 e. The third-order valence-electron chi connectivity index (χ3n) is 4.04. The third kappa shape index (κ3) is 4.73. The molecule has 28 heavy (non-hydrogen) atoms. The Bertz CT molecular complexity index is 1030. The highest BCUT2D eigenvalue weighted by Crippen LogP contribution is 2.33. The van der Waals surface area contributed by atoms with Gasteiger partial charge in [-0.05, 0) is 37.3 Å². The van der Waals surface area contributed by atoms with Crippen molar-refractivity contribution >= 4 is 8.07 Å². The maximum atomic E-state index is 13.3. The van der Waals surface area contributed by atoms with E-state index in [0.29, 0.717) is 16.9 Å². The normalized spacial score (nSPS) is 11.8. The zero-order valence-corrected chi connectivity index (χ0v) is 17.2. The van der Waals surface area contributed by atoms with Crippen molar-refractivity contribution < 1.29 is 13.2 Å². The van der Waals surface area contributed by atoms with E-state index in [4.69, 9.17) is 0 Å². The topological polar surface area (TPSA) is 17.8 Å². The molecule has 2 nitrogen and oxygen atoms in total. The minimum absolute atomic E-state index is 0.397. The van der Waals surface area contributed by atoms with Crippen molar-refractivity contribution in [3.63, 3.8) is 0 Å². The molecule has 2 aromatic carbocycles. The van der Waals surface area contributed by atoms with Gasteiger partial charge in [-0.3, -0.25) is 0 Å². The van der Waals surface area contributed by atoms with Gasteiger partial charge in [0.05, 0.1) is 11.4 Å². The number of hydrogen-bond donors (Lipinski definition) is 0. The fraction of sp³-hybridized carbons (Fsp3) is 0.227. The van der Waals surface area contributed by atoms with Crippen LogP contribution < -0.4 is 0 Å². The van der Waals surface area contributed by atoms with Crippen LogP contribution in [-0.4, -0.2) is 17.9 Å². The van der Waals surface area contributed by atoms with E-state index >= 15 is 0 Å².